The summed E-state index contributed by atoms with van der Waals surface area (Å²) in [4.78, 5) is 14.4. The van der Waals surface area contributed by atoms with E-state index in [4.69, 9.17) is 9.47 Å². The van der Waals surface area contributed by atoms with E-state index in [1.165, 1.54) is 0 Å². The second-order valence-corrected chi connectivity index (χ2v) is 6.50. The minimum atomic E-state index is -0.00145. The first kappa shape index (κ1) is 15.8. The summed E-state index contributed by atoms with van der Waals surface area (Å²) in [7, 11) is 1.80. The normalized spacial score (nSPS) is 19.8. The first-order valence-electron chi connectivity index (χ1n) is 8.64. The maximum atomic E-state index is 12.7. The molecule has 0 unspecified atom stereocenters. The molecule has 0 saturated carbocycles. The third-order valence-electron chi connectivity index (χ3n) is 4.72. The number of para-hydroxylation sites is 1. The van der Waals surface area contributed by atoms with E-state index in [1.54, 1.807) is 11.9 Å². The molecule has 1 amide bonds. The molecule has 4 heteroatoms. The molecular formula is C21H21NO3. The molecule has 1 atom stereocenters. The lowest BCUT2D eigenvalue weighted by Crippen LogP contribution is -2.20. The number of hydrogen-bond acceptors (Lipinski definition) is 3. The monoisotopic (exact) mass is 335 g/mol. The fraction of sp³-hybridized carbons (Fsp3) is 0.286. The topological polar surface area (TPSA) is 38.8 Å². The van der Waals surface area contributed by atoms with Gasteiger partial charge < -0.3 is 14.4 Å². The van der Waals surface area contributed by atoms with Gasteiger partial charge >= 0.3 is 0 Å². The van der Waals surface area contributed by atoms with Gasteiger partial charge in [0.05, 0.1) is 12.3 Å². The van der Waals surface area contributed by atoms with E-state index in [0.29, 0.717) is 12.2 Å². The molecule has 0 N–H and O–H groups in total. The number of ether oxygens (including phenoxy) is 2. The predicted octanol–water partition coefficient (Wildman–Crippen LogP) is 3.93. The van der Waals surface area contributed by atoms with Crippen LogP contribution in [0.2, 0.25) is 0 Å². The van der Waals surface area contributed by atoms with Crippen LogP contribution < -0.4 is 14.4 Å². The molecule has 0 aromatic heterocycles. The zero-order valence-corrected chi connectivity index (χ0v) is 14.7. The van der Waals surface area contributed by atoms with E-state index in [0.717, 1.165) is 40.3 Å². The molecule has 25 heavy (non-hydrogen) atoms. The molecule has 0 fully saturated rings. The molecular weight excluding hydrogens is 314 g/mol. The minimum absolute atomic E-state index is 0.00145. The first-order valence-corrected chi connectivity index (χ1v) is 8.64. The molecule has 4 rings (SSSR count). The highest BCUT2D eigenvalue weighted by molar-refractivity contribution is 6.35. The summed E-state index contributed by atoms with van der Waals surface area (Å²) in [5, 5.41) is 0. The molecule has 0 saturated heterocycles. The van der Waals surface area contributed by atoms with Crippen molar-refractivity contribution in [1.82, 2.24) is 0 Å². The number of rotatable bonds is 3. The number of likely N-dealkylation sites (N-methyl/N-ethyl adjacent to an activating group) is 1. The van der Waals surface area contributed by atoms with Crippen molar-refractivity contribution in [3.8, 4) is 11.5 Å². The van der Waals surface area contributed by atoms with Gasteiger partial charge in [0.25, 0.3) is 5.91 Å². The van der Waals surface area contributed by atoms with Gasteiger partial charge in [-0.15, -0.1) is 0 Å². The van der Waals surface area contributed by atoms with Crippen molar-refractivity contribution in [1.29, 1.82) is 0 Å². The van der Waals surface area contributed by atoms with E-state index >= 15 is 0 Å². The fourth-order valence-electron chi connectivity index (χ4n) is 3.54. The second kappa shape index (κ2) is 5.96. The lowest BCUT2D eigenvalue weighted by molar-refractivity contribution is -0.112. The van der Waals surface area contributed by atoms with Gasteiger partial charge in [0, 0.05) is 35.7 Å². The van der Waals surface area contributed by atoms with Crippen LogP contribution in [0.25, 0.3) is 11.6 Å². The number of hydrogen-bond donors (Lipinski definition) is 0. The molecule has 0 aliphatic carbocycles. The van der Waals surface area contributed by atoms with Gasteiger partial charge in [-0.3, -0.25) is 4.79 Å². The zero-order chi connectivity index (χ0) is 17.6. The summed E-state index contributed by atoms with van der Waals surface area (Å²) < 4.78 is 11.7. The van der Waals surface area contributed by atoms with Gasteiger partial charge in [0.15, 0.2) is 0 Å². The molecule has 4 nitrogen and oxygen atoms in total. The summed E-state index contributed by atoms with van der Waals surface area (Å²) in [6, 6.07) is 11.9. The third kappa shape index (κ3) is 2.58. The summed E-state index contributed by atoms with van der Waals surface area (Å²) >= 11 is 0. The van der Waals surface area contributed by atoms with Gasteiger partial charge in [-0.2, -0.15) is 0 Å². The van der Waals surface area contributed by atoms with Crippen molar-refractivity contribution in [2.75, 3.05) is 18.6 Å². The SMILES string of the molecule is CCOc1cc2c(cc1/C=C1\C(=O)N(C)c3ccccc31)O[C@@H](C)C2. The quantitative estimate of drug-likeness (QED) is 0.798. The van der Waals surface area contributed by atoms with Crippen molar-refractivity contribution < 1.29 is 14.3 Å². The Balaban J connectivity index is 1.84. The molecule has 128 valence electrons. The Morgan fingerprint density at radius 1 is 1.32 bits per heavy atom. The van der Waals surface area contributed by atoms with Crippen LogP contribution in [0.1, 0.15) is 30.5 Å². The van der Waals surface area contributed by atoms with E-state index in [2.05, 4.69) is 6.92 Å². The zero-order valence-electron chi connectivity index (χ0n) is 14.7. The Morgan fingerprint density at radius 3 is 2.92 bits per heavy atom. The summed E-state index contributed by atoms with van der Waals surface area (Å²) in [6.45, 7) is 4.60. The molecule has 2 heterocycles. The maximum Gasteiger partial charge on any atom is 0.258 e. The number of benzene rings is 2. The van der Waals surface area contributed by atoms with Crippen molar-refractivity contribution in [3.05, 3.63) is 53.1 Å². The van der Waals surface area contributed by atoms with Gasteiger partial charge in [-0.1, -0.05) is 18.2 Å². The second-order valence-electron chi connectivity index (χ2n) is 6.50. The standard InChI is InChI=1S/C21H21NO3/c1-4-24-19-11-14-9-13(2)25-20(14)12-15(19)10-17-16-7-5-6-8-18(16)22(3)21(17)23/h5-8,10-13H,4,9H2,1-3H3/b17-10-/t13-/m0/s1. The van der Waals surface area contributed by atoms with Gasteiger partial charge in [0.2, 0.25) is 0 Å². The van der Waals surface area contributed by atoms with Crippen molar-refractivity contribution in [3.63, 3.8) is 0 Å². The molecule has 0 spiro atoms. The number of nitrogens with zero attached hydrogens (tertiary/aromatic N) is 1. The highest BCUT2D eigenvalue weighted by atomic mass is 16.5. The predicted molar refractivity (Wildman–Crippen MR) is 99.1 cm³/mol. The van der Waals surface area contributed by atoms with Gasteiger partial charge in [-0.25, -0.2) is 0 Å². The highest BCUT2D eigenvalue weighted by Crippen LogP contribution is 2.40. The lowest BCUT2D eigenvalue weighted by Gasteiger charge is -2.11. The Labute approximate surface area is 147 Å². The van der Waals surface area contributed by atoms with Crippen LogP contribution in [-0.2, 0) is 11.2 Å². The summed E-state index contributed by atoms with van der Waals surface area (Å²) in [5.41, 5.74) is 4.61. The van der Waals surface area contributed by atoms with Crippen molar-refractivity contribution in [2.45, 2.75) is 26.4 Å². The molecule has 0 bridgehead atoms. The van der Waals surface area contributed by atoms with Crippen molar-refractivity contribution in [2.24, 2.45) is 0 Å². The first-order chi connectivity index (χ1) is 12.1. The van der Waals surface area contributed by atoms with E-state index in [-0.39, 0.29) is 12.0 Å². The van der Waals surface area contributed by atoms with Crippen LogP contribution in [0.15, 0.2) is 36.4 Å². The van der Waals surface area contributed by atoms with Crippen LogP contribution in [0, 0.1) is 0 Å². The average Bonchev–Trinajstić information content (AvgIpc) is 3.07. The Bertz CT molecular complexity index is 885. The van der Waals surface area contributed by atoms with Crippen LogP contribution in [0.4, 0.5) is 5.69 Å². The Kier molecular flexibility index (Phi) is 3.75. The third-order valence-corrected chi connectivity index (χ3v) is 4.72. The molecule has 2 aromatic carbocycles. The van der Waals surface area contributed by atoms with Crippen LogP contribution in [0.3, 0.4) is 0 Å². The molecule has 2 aliphatic rings. The van der Waals surface area contributed by atoms with Gasteiger partial charge in [0.1, 0.15) is 17.6 Å². The number of amides is 1. The van der Waals surface area contributed by atoms with Crippen LogP contribution >= 0.6 is 0 Å². The van der Waals surface area contributed by atoms with Crippen LogP contribution in [0.5, 0.6) is 11.5 Å². The number of anilines is 1. The molecule has 2 aromatic rings. The minimum Gasteiger partial charge on any atom is -0.493 e. The Hall–Kier alpha value is -2.75. The number of carbonyl (C=O) groups excluding carboxylic acids is 1. The Morgan fingerprint density at radius 2 is 2.12 bits per heavy atom. The smallest absolute Gasteiger partial charge is 0.258 e. The summed E-state index contributed by atoms with van der Waals surface area (Å²) in [6.07, 6.45) is 2.98. The average molecular weight is 335 g/mol. The summed E-state index contributed by atoms with van der Waals surface area (Å²) in [5.74, 6) is 1.68. The largest absolute Gasteiger partial charge is 0.493 e. The molecule has 2 aliphatic heterocycles. The fourth-order valence-corrected chi connectivity index (χ4v) is 3.54. The number of carbonyl (C=O) groups is 1. The van der Waals surface area contributed by atoms with Crippen molar-refractivity contribution >= 4 is 23.2 Å². The molecule has 0 radical (unpaired) electrons. The van der Waals surface area contributed by atoms with E-state index in [9.17, 15) is 4.79 Å². The lowest BCUT2D eigenvalue weighted by atomic mass is 10.0. The van der Waals surface area contributed by atoms with Gasteiger partial charge in [-0.05, 0) is 38.1 Å². The maximum absolute atomic E-state index is 12.7. The van der Waals surface area contributed by atoms with E-state index < -0.39 is 0 Å². The highest BCUT2D eigenvalue weighted by Gasteiger charge is 2.30. The van der Waals surface area contributed by atoms with Crippen LogP contribution in [-0.4, -0.2) is 25.7 Å². The number of fused-ring (bicyclic) bond motifs is 2. The van der Waals surface area contributed by atoms with E-state index in [1.807, 2.05) is 49.4 Å².